The van der Waals surface area contributed by atoms with Crippen molar-refractivity contribution >= 4 is 46.1 Å². The third-order valence-corrected chi connectivity index (χ3v) is 6.48. The maximum atomic E-state index is 12.9. The first kappa shape index (κ1) is 21.3. The standard InChI is InChI=1S/C23H22ClN3O3S/c1-12-17(24)6-5-7-18(12)26-21(28)11-27-19-10-16(22-14(3)31-15(4)25-22)8-9-20(19)30-13(2)23(27)29/h5-10,13H,11H2,1-4H3,(H,26,28). The molecule has 1 aliphatic heterocycles. The lowest BCUT2D eigenvalue weighted by Crippen LogP contribution is -2.47. The molecule has 0 radical (unpaired) electrons. The predicted molar refractivity (Wildman–Crippen MR) is 124 cm³/mol. The van der Waals surface area contributed by atoms with E-state index in [0.717, 1.165) is 26.7 Å². The number of halogens is 1. The highest BCUT2D eigenvalue weighted by molar-refractivity contribution is 7.11. The molecule has 4 rings (SSSR count). The van der Waals surface area contributed by atoms with Crippen molar-refractivity contribution in [3.63, 3.8) is 0 Å². The van der Waals surface area contributed by atoms with Gasteiger partial charge in [0, 0.05) is 21.2 Å². The molecule has 3 aromatic rings. The molecule has 2 amide bonds. The Morgan fingerprint density at radius 1 is 1.26 bits per heavy atom. The number of nitrogens with zero attached hydrogens (tertiary/aromatic N) is 2. The summed E-state index contributed by atoms with van der Waals surface area (Å²) in [6, 6.07) is 10.9. The Bertz CT molecular complexity index is 1190. The van der Waals surface area contributed by atoms with Gasteiger partial charge in [-0.15, -0.1) is 11.3 Å². The number of fused-ring (bicyclic) bond motifs is 1. The molecule has 6 nitrogen and oxygen atoms in total. The summed E-state index contributed by atoms with van der Waals surface area (Å²) in [6.07, 6.45) is -0.678. The zero-order valence-corrected chi connectivity index (χ0v) is 19.2. The van der Waals surface area contributed by atoms with Crippen molar-refractivity contribution in [1.82, 2.24) is 4.98 Å². The van der Waals surface area contributed by atoms with Crippen molar-refractivity contribution < 1.29 is 14.3 Å². The number of hydrogen-bond donors (Lipinski definition) is 1. The van der Waals surface area contributed by atoms with E-state index in [4.69, 9.17) is 16.3 Å². The molecule has 0 aliphatic carbocycles. The lowest BCUT2D eigenvalue weighted by molar-refractivity contribution is -0.127. The highest BCUT2D eigenvalue weighted by Crippen LogP contribution is 2.38. The number of rotatable bonds is 4. The highest BCUT2D eigenvalue weighted by atomic mass is 35.5. The van der Waals surface area contributed by atoms with Crippen LogP contribution in [0.3, 0.4) is 0 Å². The Morgan fingerprint density at radius 2 is 2.03 bits per heavy atom. The van der Waals surface area contributed by atoms with E-state index in [0.29, 0.717) is 22.1 Å². The largest absolute Gasteiger partial charge is 0.479 e. The Kier molecular flexibility index (Phi) is 5.73. The van der Waals surface area contributed by atoms with Crippen LogP contribution < -0.4 is 15.0 Å². The van der Waals surface area contributed by atoms with Gasteiger partial charge in [-0.1, -0.05) is 17.7 Å². The van der Waals surface area contributed by atoms with Crippen LogP contribution in [0, 0.1) is 20.8 Å². The van der Waals surface area contributed by atoms with Crippen molar-refractivity contribution in [1.29, 1.82) is 0 Å². The van der Waals surface area contributed by atoms with Crippen molar-refractivity contribution in [2.24, 2.45) is 0 Å². The number of nitrogens with one attached hydrogen (secondary N) is 1. The first-order chi connectivity index (χ1) is 14.7. The van der Waals surface area contributed by atoms with E-state index >= 15 is 0 Å². The second-order valence-corrected chi connectivity index (χ2v) is 9.28. The van der Waals surface area contributed by atoms with Crippen LogP contribution in [0.25, 0.3) is 11.3 Å². The average Bonchev–Trinajstić information content (AvgIpc) is 3.06. The van der Waals surface area contributed by atoms with Crippen molar-refractivity contribution in [2.45, 2.75) is 33.8 Å². The Hall–Kier alpha value is -2.90. The number of aryl methyl sites for hydroxylation is 2. The summed E-state index contributed by atoms with van der Waals surface area (Å²) < 4.78 is 5.78. The zero-order valence-electron chi connectivity index (χ0n) is 17.7. The van der Waals surface area contributed by atoms with E-state index in [9.17, 15) is 9.59 Å². The SMILES string of the molecule is Cc1nc(-c2ccc3c(c2)N(CC(=O)Nc2cccc(Cl)c2C)C(=O)C(C)O3)c(C)s1. The molecule has 8 heteroatoms. The Morgan fingerprint density at radius 3 is 2.74 bits per heavy atom. The zero-order chi connectivity index (χ0) is 22.3. The van der Waals surface area contributed by atoms with Gasteiger partial charge >= 0.3 is 0 Å². The van der Waals surface area contributed by atoms with Gasteiger partial charge in [0.2, 0.25) is 5.91 Å². The fraction of sp³-hybridized carbons (Fsp3) is 0.261. The molecule has 0 fully saturated rings. The van der Waals surface area contributed by atoms with E-state index in [1.54, 1.807) is 36.5 Å². The van der Waals surface area contributed by atoms with Gasteiger partial charge in [-0.2, -0.15) is 0 Å². The number of carbonyl (C=O) groups is 2. The number of benzene rings is 2. The van der Waals surface area contributed by atoms with Gasteiger partial charge < -0.3 is 10.1 Å². The summed E-state index contributed by atoms with van der Waals surface area (Å²) in [6.45, 7) is 7.35. The van der Waals surface area contributed by atoms with Crippen LogP contribution >= 0.6 is 22.9 Å². The number of ether oxygens (including phenoxy) is 1. The molecule has 0 bridgehead atoms. The molecule has 1 N–H and O–H groups in total. The topological polar surface area (TPSA) is 71.5 Å². The molecule has 1 aliphatic rings. The lowest BCUT2D eigenvalue weighted by Gasteiger charge is -2.33. The molecule has 0 spiro atoms. The number of aromatic nitrogens is 1. The van der Waals surface area contributed by atoms with Gasteiger partial charge in [0.1, 0.15) is 12.3 Å². The van der Waals surface area contributed by atoms with E-state index in [1.165, 1.54) is 4.90 Å². The number of amides is 2. The molecule has 0 saturated carbocycles. The number of carbonyl (C=O) groups excluding carboxylic acids is 2. The molecular formula is C23H22ClN3O3S. The van der Waals surface area contributed by atoms with E-state index in [2.05, 4.69) is 10.3 Å². The Labute approximate surface area is 189 Å². The molecule has 1 unspecified atom stereocenters. The minimum atomic E-state index is -0.678. The van der Waals surface area contributed by atoms with Gasteiger partial charge in [-0.25, -0.2) is 4.98 Å². The number of anilines is 2. The molecular weight excluding hydrogens is 434 g/mol. The Balaban J connectivity index is 1.65. The number of thiazole rings is 1. The minimum Gasteiger partial charge on any atom is -0.479 e. The smallest absolute Gasteiger partial charge is 0.268 e. The summed E-state index contributed by atoms with van der Waals surface area (Å²) in [5.74, 6) is -0.0224. The second-order valence-electron chi connectivity index (χ2n) is 7.47. The minimum absolute atomic E-state index is 0.135. The van der Waals surface area contributed by atoms with Crippen molar-refractivity contribution in [3.8, 4) is 17.0 Å². The van der Waals surface area contributed by atoms with Crippen LogP contribution in [0.5, 0.6) is 5.75 Å². The molecule has 1 aromatic heterocycles. The van der Waals surface area contributed by atoms with Crippen LogP contribution in [0.4, 0.5) is 11.4 Å². The van der Waals surface area contributed by atoms with Crippen LogP contribution in [-0.2, 0) is 9.59 Å². The molecule has 0 saturated heterocycles. The van der Waals surface area contributed by atoms with Gasteiger partial charge in [0.05, 0.1) is 16.4 Å². The normalized spacial score (nSPS) is 15.5. The van der Waals surface area contributed by atoms with Crippen LogP contribution in [-0.4, -0.2) is 29.4 Å². The number of hydrogen-bond acceptors (Lipinski definition) is 5. The van der Waals surface area contributed by atoms with Gasteiger partial charge in [-0.3, -0.25) is 14.5 Å². The van der Waals surface area contributed by atoms with Crippen LogP contribution in [0.2, 0.25) is 5.02 Å². The van der Waals surface area contributed by atoms with Crippen molar-refractivity contribution in [2.75, 3.05) is 16.8 Å². The maximum Gasteiger partial charge on any atom is 0.268 e. The molecule has 1 atom stereocenters. The summed E-state index contributed by atoms with van der Waals surface area (Å²) in [5, 5.41) is 4.39. The van der Waals surface area contributed by atoms with Crippen molar-refractivity contribution in [3.05, 3.63) is 56.9 Å². The second kappa shape index (κ2) is 8.32. The third-order valence-electron chi connectivity index (χ3n) is 5.19. The monoisotopic (exact) mass is 455 g/mol. The fourth-order valence-corrected chi connectivity index (χ4v) is 4.61. The first-order valence-electron chi connectivity index (χ1n) is 9.86. The fourth-order valence-electron chi connectivity index (χ4n) is 3.59. The lowest BCUT2D eigenvalue weighted by atomic mass is 10.1. The van der Waals surface area contributed by atoms with E-state index < -0.39 is 6.10 Å². The van der Waals surface area contributed by atoms with Gasteiger partial charge in [-0.05, 0) is 63.6 Å². The summed E-state index contributed by atoms with van der Waals surface area (Å²) >= 11 is 7.77. The van der Waals surface area contributed by atoms with E-state index in [1.807, 2.05) is 39.0 Å². The van der Waals surface area contributed by atoms with E-state index in [-0.39, 0.29) is 18.4 Å². The third kappa shape index (κ3) is 4.16. The van der Waals surface area contributed by atoms with Gasteiger partial charge in [0.15, 0.2) is 6.10 Å². The molecule has 160 valence electrons. The molecule has 2 heterocycles. The first-order valence-corrected chi connectivity index (χ1v) is 11.1. The predicted octanol–water partition coefficient (Wildman–Crippen LogP) is 5.14. The van der Waals surface area contributed by atoms with Crippen LogP contribution in [0.15, 0.2) is 36.4 Å². The summed E-state index contributed by atoms with van der Waals surface area (Å²) in [5.41, 5.74) is 3.70. The molecule has 2 aromatic carbocycles. The summed E-state index contributed by atoms with van der Waals surface area (Å²) in [7, 11) is 0. The maximum absolute atomic E-state index is 12.9. The quantitative estimate of drug-likeness (QED) is 0.591. The average molecular weight is 456 g/mol. The highest BCUT2D eigenvalue weighted by Gasteiger charge is 2.33. The molecule has 31 heavy (non-hydrogen) atoms. The van der Waals surface area contributed by atoms with Gasteiger partial charge in [0.25, 0.3) is 5.91 Å². The van der Waals surface area contributed by atoms with Crippen LogP contribution in [0.1, 0.15) is 22.4 Å². The summed E-state index contributed by atoms with van der Waals surface area (Å²) in [4.78, 5) is 32.9.